The molecule has 0 aromatic heterocycles. The Labute approximate surface area is 195 Å². The number of piperazine rings is 1. The minimum Gasteiger partial charge on any atom is -0.336 e. The summed E-state index contributed by atoms with van der Waals surface area (Å²) in [5, 5.41) is 0.281. The number of halogens is 1. The molecule has 0 atom stereocenters. The maximum absolute atomic E-state index is 13.1. The summed E-state index contributed by atoms with van der Waals surface area (Å²) < 4.78 is 27.3. The van der Waals surface area contributed by atoms with Crippen LogP contribution in [0.15, 0.2) is 59.5 Å². The number of benzene rings is 2. The number of carbonyl (C=O) groups is 1. The van der Waals surface area contributed by atoms with Gasteiger partial charge in [0.25, 0.3) is 5.91 Å². The van der Waals surface area contributed by atoms with Crippen LogP contribution in [-0.2, 0) is 10.0 Å². The molecule has 8 heteroatoms. The normalized spacial score (nSPS) is 18.5. The van der Waals surface area contributed by atoms with Crippen LogP contribution >= 0.6 is 11.6 Å². The Kier molecular flexibility index (Phi) is 7.30. The molecule has 170 valence electrons. The summed E-state index contributed by atoms with van der Waals surface area (Å²) >= 11 is 6.30. The molecule has 32 heavy (non-hydrogen) atoms. The fraction of sp³-hybridized carbons (Fsp3) is 0.375. The first-order chi connectivity index (χ1) is 15.4. The van der Waals surface area contributed by atoms with Crippen molar-refractivity contribution < 1.29 is 13.2 Å². The molecule has 0 aliphatic carbocycles. The van der Waals surface area contributed by atoms with Gasteiger partial charge in [0.2, 0.25) is 10.0 Å². The monoisotopic (exact) mass is 473 g/mol. The van der Waals surface area contributed by atoms with Crippen molar-refractivity contribution in [1.82, 2.24) is 14.1 Å². The maximum Gasteiger partial charge on any atom is 0.255 e. The summed E-state index contributed by atoms with van der Waals surface area (Å²) in [5.74, 6) is -0.215. The van der Waals surface area contributed by atoms with Crippen molar-refractivity contribution in [3.8, 4) is 0 Å². The topological polar surface area (TPSA) is 60.9 Å². The third kappa shape index (κ3) is 5.23. The molecule has 0 N–H and O–H groups in total. The van der Waals surface area contributed by atoms with Gasteiger partial charge in [0.1, 0.15) is 0 Å². The van der Waals surface area contributed by atoms with E-state index < -0.39 is 10.0 Å². The molecule has 2 aliphatic rings. The summed E-state index contributed by atoms with van der Waals surface area (Å²) in [6, 6.07) is 14.6. The number of hydrogen-bond donors (Lipinski definition) is 0. The SMILES string of the molecule is O=C(c1cc(S(=O)(=O)N2CCCC2)ccc1Cl)N1CCN(CC=Cc2ccccc2)CC1. The molecule has 2 aromatic carbocycles. The van der Waals surface area contributed by atoms with Crippen LogP contribution in [0.4, 0.5) is 0 Å². The summed E-state index contributed by atoms with van der Waals surface area (Å²) in [5.41, 5.74) is 1.42. The van der Waals surface area contributed by atoms with Gasteiger partial charge in [-0.1, -0.05) is 54.1 Å². The van der Waals surface area contributed by atoms with Crippen LogP contribution in [0.3, 0.4) is 0 Å². The standard InChI is InChI=1S/C24H28ClN3O3S/c25-23-11-10-21(32(30,31)28-13-4-5-14-28)19-22(23)24(29)27-17-15-26(16-18-27)12-6-9-20-7-2-1-3-8-20/h1-3,6-11,19H,4-5,12-18H2. The lowest BCUT2D eigenvalue weighted by atomic mass is 10.1. The van der Waals surface area contributed by atoms with Crippen molar-refractivity contribution in [3.63, 3.8) is 0 Å². The van der Waals surface area contributed by atoms with Crippen LogP contribution in [0.1, 0.15) is 28.8 Å². The van der Waals surface area contributed by atoms with Gasteiger partial charge < -0.3 is 4.90 Å². The van der Waals surface area contributed by atoms with Crippen molar-refractivity contribution in [1.29, 1.82) is 0 Å². The summed E-state index contributed by atoms with van der Waals surface area (Å²) in [7, 11) is -3.60. The second-order valence-electron chi connectivity index (χ2n) is 8.16. The lowest BCUT2D eigenvalue weighted by Crippen LogP contribution is -2.48. The van der Waals surface area contributed by atoms with E-state index in [4.69, 9.17) is 11.6 Å². The van der Waals surface area contributed by atoms with E-state index in [1.54, 1.807) is 4.90 Å². The van der Waals surface area contributed by atoms with Gasteiger partial charge in [-0.25, -0.2) is 8.42 Å². The number of amides is 1. The fourth-order valence-corrected chi connectivity index (χ4v) is 5.85. The van der Waals surface area contributed by atoms with Gasteiger partial charge in [0.05, 0.1) is 15.5 Å². The summed E-state index contributed by atoms with van der Waals surface area (Å²) in [6.07, 6.45) is 5.97. The molecule has 2 aliphatic heterocycles. The first kappa shape index (κ1) is 23.0. The fourth-order valence-electron chi connectivity index (χ4n) is 4.11. The second-order valence-corrected chi connectivity index (χ2v) is 10.5. The highest BCUT2D eigenvalue weighted by Crippen LogP contribution is 2.26. The highest BCUT2D eigenvalue weighted by atomic mass is 35.5. The predicted octanol–water partition coefficient (Wildman–Crippen LogP) is 3.60. The zero-order valence-electron chi connectivity index (χ0n) is 18.0. The van der Waals surface area contributed by atoms with E-state index in [9.17, 15) is 13.2 Å². The van der Waals surface area contributed by atoms with Crippen LogP contribution in [0.5, 0.6) is 0 Å². The van der Waals surface area contributed by atoms with E-state index in [0.29, 0.717) is 26.2 Å². The van der Waals surface area contributed by atoms with Gasteiger partial charge in [0.15, 0.2) is 0 Å². The van der Waals surface area contributed by atoms with E-state index in [-0.39, 0.29) is 21.4 Å². The Morgan fingerprint density at radius 3 is 2.31 bits per heavy atom. The van der Waals surface area contributed by atoms with E-state index in [1.165, 1.54) is 28.1 Å². The number of rotatable bonds is 6. The molecule has 0 saturated carbocycles. The number of carbonyl (C=O) groups excluding carboxylic acids is 1. The van der Waals surface area contributed by atoms with Crippen LogP contribution < -0.4 is 0 Å². The Morgan fingerprint density at radius 2 is 1.62 bits per heavy atom. The lowest BCUT2D eigenvalue weighted by molar-refractivity contribution is 0.0650. The smallest absolute Gasteiger partial charge is 0.255 e. The van der Waals surface area contributed by atoms with Crippen LogP contribution in [0.25, 0.3) is 6.08 Å². The number of hydrogen-bond acceptors (Lipinski definition) is 4. The van der Waals surface area contributed by atoms with Crippen molar-refractivity contribution >= 4 is 33.6 Å². The Morgan fingerprint density at radius 1 is 0.938 bits per heavy atom. The zero-order chi connectivity index (χ0) is 22.6. The predicted molar refractivity (Wildman–Crippen MR) is 127 cm³/mol. The first-order valence-corrected chi connectivity index (χ1v) is 12.8. The lowest BCUT2D eigenvalue weighted by Gasteiger charge is -2.34. The quantitative estimate of drug-likeness (QED) is 0.643. The minimum absolute atomic E-state index is 0.136. The van der Waals surface area contributed by atoms with E-state index >= 15 is 0 Å². The molecule has 6 nitrogen and oxygen atoms in total. The van der Waals surface area contributed by atoms with Crippen molar-refractivity contribution in [2.24, 2.45) is 0 Å². The molecular weight excluding hydrogens is 446 g/mol. The third-order valence-electron chi connectivity index (χ3n) is 6.00. The molecule has 0 spiro atoms. The maximum atomic E-state index is 13.1. The van der Waals surface area contributed by atoms with Crippen LogP contribution in [0.2, 0.25) is 5.02 Å². The highest BCUT2D eigenvalue weighted by molar-refractivity contribution is 7.89. The van der Waals surface area contributed by atoms with Crippen molar-refractivity contribution in [3.05, 3.63) is 70.8 Å². The highest BCUT2D eigenvalue weighted by Gasteiger charge is 2.29. The largest absolute Gasteiger partial charge is 0.336 e. The van der Waals surface area contributed by atoms with Gasteiger partial charge >= 0.3 is 0 Å². The van der Waals surface area contributed by atoms with Gasteiger partial charge in [0, 0.05) is 45.8 Å². The Bertz CT molecular complexity index is 1070. The van der Waals surface area contributed by atoms with Gasteiger partial charge in [-0.2, -0.15) is 4.31 Å². The van der Waals surface area contributed by atoms with Crippen LogP contribution in [0, 0.1) is 0 Å². The minimum atomic E-state index is -3.60. The molecule has 0 bridgehead atoms. The van der Waals surface area contributed by atoms with E-state index in [1.807, 2.05) is 18.2 Å². The molecule has 0 unspecified atom stereocenters. The molecule has 4 rings (SSSR count). The molecule has 2 fully saturated rings. The molecular formula is C24H28ClN3O3S. The zero-order valence-corrected chi connectivity index (χ0v) is 19.6. The van der Waals surface area contributed by atoms with Crippen LogP contribution in [-0.4, -0.2) is 74.2 Å². The van der Waals surface area contributed by atoms with Gasteiger partial charge in [-0.05, 0) is 36.6 Å². The average molecular weight is 474 g/mol. The molecule has 0 radical (unpaired) electrons. The van der Waals surface area contributed by atoms with E-state index in [0.717, 1.165) is 32.5 Å². The molecule has 1 amide bonds. The summed E-state index contributed by atoms with van der Waals surface area (Å²) in [4.78, 5) is 17.3. The van der Waals surface area contributed by atoms with Gasteiger partial charge in [-0.15, -0.1) is 0 Å². The second kappa shape index (κ2) is 10.2. The first-order valence-electron chi connectivity index (χ1n) is 11.0. The van der Waals surface area contributed by atoms with E-state index in [2.05, 4.69) is 29.2 Å². The summed E-state index contributed by atoms with van der Waals surface area (Å²) in [6.45, 7) is 4.54. The van der Waals surface area contributed by atoms with Gasteiger partial charge in [-0.3, -0.25) is 9.69 Å². The third-order valence-corrected chi connectivity index (χ3v) is 8.23. The van der Waals surface area contributed by atoms with Crippen molar-refractivity contribution in [2.75, 3.05) is 45.8 Å². The molecule has 2 aromatic rings. The number of nitrogens with zero attached hydrogens (tertiary/aromatic N) is 3. The molecule has 2 heterocycles. The Balaban J connectivity index is 1.38. The Hall–Kier alpha value is -2.19. The van der Waals surface area contributed by atoms with Crippen molar-refractivity contribution in [2.45, 2.75) is 17.7 Å². The average Bonchev–Trinajstić information content (AvgIpc) is 3.36. The molecule has 2 saturated heterocycles. The number of sulfonamides is 1.